The fourth-order valence-electron chi connectivity index (χ4n) is 2.77. The SMILES string of the molecule is CC(C)COCCOCCn1cc(CN2C(=O)CC(C(C)C)C2=O)nn1. The Balaban J connectivity index is 1.71. The van der Waals surface area contributed by atoms with Gasteiger partial charge >= 0.3 is 0 Å². The van der Waals surface area contributed by atoms with E-state index in [1.807, 2.05) is 13.8 Å². The molecule has 1 aliphatic heterocycles. The van der Waals surface area contributed by atoms with Crippen LogP contribution in [0.4, 0.5) is 0 Å². The van der Waals surface area contributed by atoms with Crippen LogP contribution < -0.4 is 0 Å². The Hall–Kier alpha value is -1.80. The number of carbonyl (C=O) groups excluding carboxylic acids is 2. The maximum absolute atomic E-state index is 12.3. The number of hydrogen-bond acceptors (Lipinski definition) is 6. The molecule has 146 valence electrons. The van der Waals surface area contributed by atoms with Crippen molar-refractivity contribution in [1.82, 2.24) is 19.9 Å². The first kappa shape index (κ1) is 20.5. The molecule has 8 nitrogen and oxygen atoms in total. The van der Waals surface area contributed by atoms with Gasteiger partial charge in [0.2, 0.25) is 11.8 Å². The largest absolute Gasteiger partial charge is 0.379 e. The summed E-state index contributed by atoms with van der Waals surface area (Å²) in [7, 11) is 0. The van der Waals surface area contributed by atoms with Crippen molar-refractivity contribution in [2.75, 3.05) is 26.4 Å². The van der Waals surface area contributed by atoms with Crippen LogP contribution >= 0.6 is 0 Å². The van der Waals surface area contributed by atoms with Crippen molar-refractivity contribution in [1.29, 1.82) is 0 Å². The molecular weight excluding hydrogens is 336 g/mol. The maximum atomic E-state index is 12.3. The van der Waals surface area contributed by atoms with Crippen LogP contribution in [0, 0.1) is 17.8 Å². The van der Waals surface area contributed by atoms with E-state index in [1.54, 1.807) is 10.9 Å². The van der Waals surface area contributed by atoms with Crippen molar-refractivity contribution in [2.24, 2.45) is 17.8 Å². The van der Waals surface area contributed by atoms with E-state index in [9.17, 15) is 9.59 Å². The standard InChI is InChI=1S/C18H30N4O4/c1-13(2)12-26-8-7-25-6-5-21-10-15(19-20-21)11-22-17(23)9-16(14(3)4)18(22)24/h10,13-14,16H,5-9,11-12H2,1-4H3. The third-order valence-corrected chi connectivity index (χ3v) is 4.28. The van der Waals surface area contributed by atoms with Gasteiger partial charge in [0.1, 0.15) is 5.69 Å². The highest BCUT2D eigenvalue weighted by atomic mass is 16.5. The van der Waals surface area contributed by atoms with Crippen LogP contribution in [0.25, 0.3) is 0 Å². The molecule has 0 aromatic carbocycles. The number of nitrogens with zero attached hydrogens (tertiary/aromatic N) is 4. The molecule has 8 heteroatoms. The lowest BCUT2D eigenvalue weighted by atomic mass is 9.94. The van der Waals surface area contributed by atoms with Gasteiger partial charge in [-0.25, -0.2) is 4.68 Å². The number of rotatable bonds is 11. The smallest absolute Gasteiger partial charge is 0.233 e. The number of imide groups is 1. The molecule has 0 saturated carbocycles. The van der Waals surface area contributed by atoms with E-state index in [-0.39, 0.29) is 36.6 Å². The second-order valence-corrected chi connectivity index (χ2v) is 7.43. The first-order valence-electron chi connectivity index (χ1n) is 9.27. The number of hydrogen-bond donors (Lipinski definition) is 0. The number of aromatic nitrogens is 3. The van der Waals surface area contributed by atoms with Crippen LogP contribution in [0.2, 0.25) is 0 Å². The Morgan fingerprint density at radius 3 is 2.54 bits per heavy atom. The van der Waals surface area contributed by atoms with Crippen molar-refractivity contribution in [3.63, 3.8) is 0 Å². The molecule has 1 saturated heterocycles. The molecule has 1 fully saturated rings. The summed E-state index contributed by atoms with van der Waals surface area (Å²) in [5.41, 5.74) is 0.608. The van der Waals surface area contributed by atoms with Gasteiger partial charge in [-0.05, 0) is 11.8 Å². The predicted molar refractivity (Wildman–Crippen MR) is 95.0 cm³/mol. The van der Waals surface area contributed by atoms with Crippen LogP contribution in [-0.4, -0.2) is 58.1 Å². The summed E-state index contributed by atoms with van der Waals surface area (Å²) in [5.74, 6) is 0.226. The minimum Gasteiger partial charge on any atom is -0.379 e. The Morgan fingerprint density at radius 2 is 1.88 bits per heavy atom. The van der Waals surface area contributed by atoms with Crippen LogP contribution in [0.1, 0.15) is 39.8 Å². The molecule has 0 spiro atoms. The van der Waals surface area contributed by atoms with E-state index in [0.717, 1.165) is 6.61 Å². The lowest BCUT2D eigenvalue weighted by molar-refractivity contribution is -0.140. The summed E-state index contributed by atoms with van der Waals surface area (Å²) < 4.78 is 12.6. The molecule has 2 amide bonds. The number of ether oxygens (including phenoxy) is 2. The summed E-state index contributed by atoms with van der Waals surface area (Å²) in [5, 5.41) is 8.08. The van der Waals surface area contributed by atoms with Crippen molar-refractivity contribution in [2.45, 2.75) is 47.2 Å². The van der Waals surface area contributed by atoms with Gasteiger partial charge in [0.15, 0.2) is 0 Å². The predicted octanol–water partition coefficient (Wildman–Crippen LogP) is 1.50. The maximum Gasteiger partial charge on any atom is 0.233 e. The van der Waals surface area contributed by atoms with E-state index >= 15 is 0 Å². The highest BCUT2D eigenvalue weighted by Crippen LogP contribution is 2.27. The van der Waals surface area contributed by atoms with Gasteiger partial charge in [0.25, 0.3) is 0 Å². The minimum absolute atomic E-state index is 0.107. The molecule has 0 bridgehead atoms. The van der Waals surface area contributed by atoms with Gasteiger partial charge in [0, 0.05) is 18.9 Å². The van der Waals surface area contributed by atoms with Gasteiger partial charge in [-0.1, -0.05) is 32.9 Å². The van der Waals surface area contributed by atoms with Crippen molar-refractivity contribution in [3.05, 3.63) is 11.9 Å². The zero-order chi connectivity index (χ0) is 19.1. The molecule has 26 heavy (non-hydrogen) atoms. The summed E-state index contributed by atoms with van der Waals surface area (Å²) in [6.45, 7) is 11.3. The monoisotopic (exact) mass is 366 g/mol. The molecule has 0 radical (unpaired) electrons. The van der Waals surface area contributed by atoms with E-state index in [1.165, 1.54) is 4.90 Å². The molecule has 1 atom stereocenters. The topological polar surface area (TPSA) is 86.5 Å². The molecule has 0 N–H and O–H groups in total. The van der Waals surface area contributed by atoms with Crippen LogP contribution in [0.3, 0.4) is 0 Å². The quantitative estimate of drug-likeness (QED) is 0.436. The molecular formula is C18H30N4O4. The fourth-order valence-corrected chi connectivity index (χ4v) is 2.77. The molecule has 2 rings (SSSR count). The fraction of sp³-hybridized carbons (Fsp3) is 0.778. The minimum atomic E-state index is -0.219. The average Bonchev–Trinajstić information content (AvgIpc) is 3.13. The van der Waals surface area contributed by atoms with E-state index in [0.29, 0.717) is 38.0 Å². The third-order valence-electron chi connectivity index (χ3n) is 4.28. The van der Waals surface area contributed by atoms with Gasteiger partial charge in [0.05, 0.1) is 39.1 Å². The van der Waals surface area contributed by atoms with Gasteiger partial charge < -0.3 is 9.47 Å². The van der Waals surface area contributed by atoms with Gasteiger partial charge in [-0.3, -0.25) is 14.5 Å². The normalized spacial score (nSPS) is 17.9. The molecule has 1 aromatic rings. The van der Waals surface area contributed by atoms with E-state index in [2.05, 4.69) is 24.2 Å². The lowest BCUT2D eigenvalue weighted by Gasteiger charge is -2.14. The molecule has 1 aliphatic rings. The third kappa shape index (κ3) is 5.88. The van der Waals surface area contributed by atoms with Crippen LogP contribution in [0.15, 0.2) is 6.20 Å². The Bertz CT molecular complexity index is 600. The number of likely N-dealkylation sites (tertiary alicyclic amines) is 1. The first-order chi connectivity index (χ1) is 12.4. The lowest BCUT2D eigenvalue weighted by Crippen LogP contribution is -2.31. The first-order valence-corrected chi connectivity index (χ1v) is 9.27. The molecule has 1 aromatic heterocycles. The van der Waals surface area contributed by atoms with Crippen LogP contribution in [0.5, 0.6) is 0 Å². The second-order valence-electron chi connectivity index (χ2n) is 7.43. The molecule has 2 heterocycles. The zero-order valence-electron chi connectivity index (χ0n) is 16.2. The van der Waals surface area contributed by atoms with Crippen molar-refractivity contribution >= 4 is 11.8 Å². The van der Waals surface area contributed by atoms with Crippen molar-refractivity contribution in [3.8, 4) is 0 Å². The number of carbonyl (C=O) groups is 2. The summed E-state index contributed by atoms with van der Waals surface area (Å²) >= 11 is 0. The van der Waals surface area contributed by atoms with Crippen LogP contribution in [-0.2, 0) is 32.2 Å². The molecule has 0 aliphatic carbocycles. The van der Waals surface area contributed by atoms with E-state index in [4.69, 9.17) is 9.47 Å². The Kier molecular flexibility index (Phi) is 7.71. The zero-order valence-corrected chi connectivity index (χ0v) is 16.2. The Labute approximate surface area is 154 Å². The van der Waals surface area contributed by atoms with Gasteiger partial charge in [-0.15, -0.1) is 5.10 Å². The van der Waals surface area contributed by atoms with E-state index < -0.39 is 0 Å². The number of amides is 2. The summed E-state index contributed by atoms with van der Waals surface area (Å²) in [4.78, 5) is 25.7. The highest BCUT2D eigenvalue weighted by molar-refractivity contribution is 6.03. The Morgan fingerprint density at radius 1 is 1.15 bits per heavy atom. The van der Waals surface area contributed by atoms with Crippen molar-refractivity contribution < 1.29 is 19.1 Å². The van der Waals surface area contributed by atoms with Gasteiger partial charge in [-0.2, -0.15) is 0 Å². The average molecular weight is 366 g/mol. The highest BCUT2D eigenvalue weighted by Gasteiger charge is 2.40. The summed E-state index contributed by atoms with van der Waals surface area (Å²) in [6, 6.07) is 0. The molecule has 1 unspecified atom stereocenters. The second kappa shape index (κ2) is 9.78. The summed E-state index contributed by atoms with van der Waals surface area (Å²) in [6.07, 6.45) is 2.04.